The number of nitrogens with two attached hydrogens (primary N) is 1. The zero-order valence-corrected chi connectivity index (χ0v) is 13.8. The molecule has 1 rings (SSSR count). The Morgan fingerprint density at radius 2 is 1.48 bits per heavy atom. The Labute approximate surface area is 127 Å². The van der Waals surface area contributed by atoms with Gasteiger partial charge in [0.15, 0.2) is 11.5 Å². The predicted molar refractivity (Wildman–Crippen MR) is 83.1 cm³/mol. The molecule has 0 aliphatic heterocycles. The Kier molecular flexibility index (Phi) is 5.87. The van der Waals surface area contributed by atoms with Gasteiger partial charge < -0.3 is 25.1 Å². The molecule has 0 aliphatic rings. The normalized spacial score (nSPS) is 14.5. The van der Waals surface area contributed by atoms with Gasteiger partial charge in [-0.05, 0) is 17.9 Å². The van der Waals surface area contributed by atoms with Gasteiger partial charge in [0.25, 0.3) is 0 Å². The molecule has 21 heavy (non-hydrogen) atoms. The van der Waals surface area contributed by atoms with E-state index in [0.717, 1.165) is 0 Å². The van der Waals surface area contributed by atoms with Crippen LogP contribution in [0.2, 0.25) is 0 Å². The highest BCUT2D eigenvalue weighted by atomic mass is 16.5. The van der Waals surface area contributed by atoms with Crippen LogP contribution < -0.4 is 19.9 Å². The summed E-state index contributed by atoms with van der Waals surface area (Å²) in [5, 5.41) is 10.5. The lowest BCUT2D eigenvalue weighted by molar-refractivity contribution is 0.130. The van der Waals surface area contributed by atoms with E-state index in [9.17, 15) is 5.11 Å². The van der Waals surface area contributed by atoms with Crippen LogP contribution in [0.25, 0.3) is 0 Å². The zero-order valence-electron chi connectivity index (χ0n) is 13.8. The molecule has 0 radical (unpaired) electrons. The molecule has 2 atom stereocenters. The average Bonchev–Trinajstić information content (AvgIpc) is 2.44. The first kappa shape index (κ1) is 17.6. The minimum atomic E-state index is -0.728. The minimum Gasteiger partial charge on any atom is -0.496 e. The summed E-state index contributed by atoms with van der Waals surface area (Å²) in [6.07, 6.45) is -0.288. The van der Waals surface area contributed by atoms with Crippen LogP contribution in [-0.4, -0.2) is 32.5 Å². The zero-order chi connectivity index (χ0) is 16.2. The molecule has 0 aromatic heterocycles. The minimum absolute atomic E-state index is 0.0786. The van der Waals surface area contributed by atoms with Crippen LogP contribution in [0, 0.1) is 5.41 Å². The van der Waals surface area contributed by atoms with Crippen molar-refractivity contribution in [3.8, 4) is 17.2 Å². The van der Waals surface area contributed by atoms with Crippen molar-refractivity contribution < 1.29 is 19.3 Å². The summed E-state index contributed by atoms with van der Waals surface area (Å²) in [6, 6.07) is 3.31. The van der Waals surface area contributed by atoms with Crippen LogP contribution in [0.3, 0.4) is 0 Å². The summed E-state index contributed by atoms with van der Waals surface area (Å²) >= 11 is 0. The molecule has 0 saturated heterocycles. The fraction of sp³-hybridized carbons (Fsp3) is 0.625. The molecule has 1 aromatic rings. The number of aliphatic hydroxyl groups excluding tert-OH is 1. The van der Waals surface area contributed by atoms with Crippen LogP contribution in [0.5, 0.6) is 17.2 Å². The third kappa shape index (κ3) is 4.25. The highest BCUT2D eigenvalue weighted by Gasteiger charge is 2.26. The van der Waals surface area contributed by atoms with Crippen molar-refractivity contribution >= 4 is 0 Å². The first-order valence-electron chi connectivity index (χ1n) is 6.98. The predicted octanol–water partition coefficient (Wildman–Crippen LogP) is 2.51. The largest absolute Gasteiger partial charge is 0.496 e. The first-order chi connectivity index (χ1) is 9.74. The van der Waals surface area contributed by atoms with Crippen LogP contribution in [0.4, 0.5) is 0 Å². The summed E-state index contributed by atoms with van der Waals surface area (Å²) in [7, 11) is 4.67. The summed E-state index contributed by atoms with van der Waals surface area (Å²) in [5.41, 5.74) is 6.72. The van der Waals surface area contributed by atoms with Crippen LogP contribution >= 0.6 is 0 Å². The molecule has 1 aromatic carbocycles. The van der Waals surface area contributed by atoms with E-state index in [-0.39, 0.29) is 11.5 Å². The summed E-state index contributed by atoms with van der Waals surface area (Å²) < 4.78 is 15.9. The summed E-state index contributed by atoms with van der Waals surface area (Å²) in [5.74, 6) is 1.67. The van der Waals surface area contributed by atoms with Gasteiger partial charge in [0.05, 0.1) is 27.4 Å². The monoisotopic (exact) mass is 297 g/mol. The smallest absolute Gasteiger partial charge is 0.164 e. The number of benzene rings is 1. The van der Waals surface area contributed by atoms with E-state index in [2.05, 4.69) is 20.8 Å². The SMILES string of the molecule is COc1cc(OC)c([C@@H](O)C[C@@H](N)C(C)(C)C)cc1OC. The second-order valence-electron chi connectivity index (χ2n) is 6.17. The van der Waals surface area contributed by atoms with E-state index >= 15 is 0 Å². The fourth-order valence-electron chi connectivity index (χ4n) is 2.03. The van der Waals surface area contributed by atoms with E-state index < -0.39 is 6.10 Å². The maximum atomic E-state index is 10.5. The molecular formula is C16H27NO4. The Hall–Kier alpha value is -1.46. The maximum absolute atomic E-state index is 10.5. The van der Waals surface area contributed by atoms with Gasteiger partial charge in [0.1, 0.15) is 5.75 Å². The quantitative estimate of drug-likeness (QED) is 0.844. The Morgan fingerprint density at radius 1 is 1.00 bits per heavy atom. The van der Waals surface area contributed by atoms with E-state index in [1.165, 1.54) is 0 Å². The summed E-state index contributed by atoms with van der Waals surface area (Å²) in [6.45, 7) is 6.16. The molecule has 0 heterocycles. The van der Waals surface area contributed by atoms with Crippen molar-refractivity contribution in [3.63, 3.8) is 0 Å². The van der Waals surface area contributed by atoms with Gasteiger partial charge >= 0.3 is 0 Å². The Balaban J connectivity index is 3.10. The molecule has 0 aliphatic carbocycles. The Morgan fingerprint density at radius 3 is 1.90 bits per heavy atom. The van der Waals surface area contributed by atoms with Gasteiger partial charge in [-0.2, -0.15) is 0 Å². The molecular weight excluding hydrogens is 270 g/mol. The van der Waals surface area contributed by atoms with Gasteiger partial charge in [-0.25, -0.2) is 0 Å². The van der Waals surface area contributed by atoms with Crippen molar-refractivity contribution in [2.45, 2.75) is 39.3 Å². The lowest BCUT2D eigenvalue weighted by Crippen LogP contribution is -2.36. The molecule has 0 unspecified atom stereocenters. The number of ether oxygens (including phenoxy) is 3. The molecule has 0 spiro atoms. The van der Waals surface area contributed by atoms with Crippen LogP contribution in [0.15, 0.2) is 12.1 Å². The molecule has 0 amide bonds. The summed E-state index contributed by atoms with van der Waals surface area (Å²) in [4.78, 5) is 0. The van der Waals surface area contributed by atoms with E-state index in [1.807, 2.05) is 0 Å². The molecule has 3 N–H and O–H groups in total. The van der Waals surface area contributed by atoms with E-state index in [4.69, 9.17) is 19.9 Å². The first-order valence-corrected chi connectivity index (χ1v) is 6.98. The molecule has 0 saturated carbocycles. The number of methoxy groups -OCH3 is 3. The third-order valence-electron chi connectivity index (χ3n) is 3.68. The highest BCUT2D eigenvalue weighted by Crippen LogP contribution is 2.39. The van der Waals surface area contributed by atoms with Crippen molar-refractivity contribution in [2.75, 3.05) is 21.3 Å². The van der Waals surface area contributed by atoms with E-state index in [0.29, 0.717) is 29.2 Å². The van der Waals surface area contributed by atoms with Crippen LogP contribution in [0.1, 0.15) is 38.9 Å². The highest BCUT2D eigenvalue weighted by molar-refractivity contribution is 5.51. The van der Waals surface area contributed by atoms with Crippen molar-refractivity contribution in [3.05, 3.63) is 17.7 Å². The number of aliphatic hydroxyl groups is 1. The Bertz CT molecular complexity index is 468. The topological polar surface area (TPSA) is 73.9 Å². The van der Waals surface area contributed by atoms with E-state index in [1.54, 1.807) is 33.5 Å². The number of hydrogen-bond donors (Lipinski definition) is 2. The average molecular weight is 297 g/mol. The van der Waals surface area contributed by atoms with Crippen molar-refractivity contribution in [1.82, 2.24) is 0 Å². The van der Waals surface area contributed by atoms with Gasteiger partial charge in [0, 0.05) is 17.7 Å². The molecule has 120 valence electrons. The molecule has 0 fully saturated rings. The molecule has 5 nitrogen and oxygen atoms in total. The second-order valence-corrected chi connectivity index (χ2v) is 6.17. The molecule has 0 bridgehead atoms. The fourth-order valence-corrected chi connectivity index (χ4v) is 2.03. The molecule has 5 heteroatoms. The standard InChI is InChI=1S/C16H27NO4/c1-16(2,3)15(17)8-11(18)10-7-13(20-5)14(21-6)9-12(10)19-4/h7,9,11,15,18H,8,17H2,1-6H3/t11-,15+/m0/s1. The van der Waals surface area contributed by atoms with Crippen LogP contribution in [-0.2, 0) is 0 Å². The van der Waals surface area contributed by atoms with Gasteiger partial charge in [-0.15, -0.1) is 0 Å². The number of hydrogen-bond acceptors (Lipinski definition) is 5. The van der Waals surface area contributed by atoms with Gasteiger partial charge in [-0.3, -0.25) is 0 Å². The van der Waals surface area contributed by atoms with Crippen molar-refractivity contribution in [1.29, 1.82) is 0 Å². The van der Waals surface area contributed by atoms with Crippen molar-refractivity contribution in [2.24, 2.45) is 11.1 Å². The second kappa shape index (κ2) is 7.00. The van der Waals surface area contributed by atoms with Gasteiger partial charge in [-0.1, -0.05) is 20.8 Å². The number of rotatable bonds is 6. The third-order valence-corrected chi connectivity index (χ3v) is 3.68. The lowest BCUT2D eigenvalue weighted by Gasteiger charge is -2.29. The maximum Gasteiger partial charge on any atom is 0.164 e. The lowest BCUT2D eigenvalue weighted by atomic mass is 9.83. The van der Waals surface area contributed by atoms with Gasteiger partial charge in [0.2, 0.25) is 0 Å².